The summed E-state index contributed by atoms with van der Waals surface area (Å²) in [6.07, 6.45) is 12.4. The Labute approximate surface area is 282 Å². The van der Waals surface area contributed by atoms with E-state index in [-0.39, 0.29) is 36.4 Å². The molecule has 4 aromatic carbocycles. The molecule has 0 N–H and O–H groups in total. The first-order chi connectivity index (χ1) is 19.5. The number of rotatable bonds is 2. The van der Waals surface area contributed by atoms with Crippen LogP contribution in [0, 0.1) is 35.9 Å². The van der Waals surface area contributed by atoms with E-state index in [1.165, 1.54) is 47.6 Å². The van der Waals surface area contributed by atoms with Gasteiger partial charge in [0.2, 0.25) is 0 Å². The zero-order valence-electron chi connectivity index (χ0n) is 23.7. The molecule has 0 spiro atoms. The minimum absolute atomic E-state index is 0. The fourth-order valence-electron chi connectivity index (χ4n) is 3.72. The summed E-state index contributed by atoms with van der Waals surface area (Å²) < 4.78 is 25.3. The van der Waals surface area contributed by atoms with E-state index in [1.54, 1.807) is 45.9 Å². The second-order valence-electron chi connectivity index (χ2n) is 8.42. The van der Waals surface area contributed by atoms with Crippen molar-refractivity contribution in [3.05, 3.63) is 180 Å². The molecule has 6 rings (SSSR count). The third-order valence-electron chi connectivity index (χ3n) is 5.68. The third-order valence-corrected chi connectivity index (χ3v) is 5.68. The van der Waals surface area contributed by atoms with E-state index in [4.69, 9.17) is 0 Å². The predicted molar refractivity (Wildman–Crippen MR) is 176 cm³/mol. The van der Waals surface area contributed by atoms with Gasteiger partial charge in [0, 0.05) is 0 Å². The van der Waals surface area contributed by atoms with Crippen LogP contribution in [0.3, 0.4) is 0 Å². The van der Waals surface area contributed by atoms with Crippen LogP contribution < -0.4 is 0 Å². The average Bonchev–Trinajstić information content (AvgIpc) is 3.65. The molecule has 0 heterocycles. The van der Waals surface area contributed by atoms with Crippen molar-refractivity contribution in [1.82, 2.24) is 0 Å². The van der Waals surface area contributed by atoms with Crippen LogP contribution in [0.5, 0.6) is 0 Å². The molecule has 0 atom stereocenters. The second-order valence-corrected chi connectivity index (χ2v) is 8.42. The number of hydrogen-bond acceptors (Lipinski definition) is 0. The Morgan fingerprint density at radius 3 is 1.05 bits per heavy atom. The van der Waals surface area contributed by atoms with E-state index in [2.05, 4.69) is 36.4 Å². The molecular weight excluding hydrogens is 705 g/mol. The zero-order valence-corrected chi connectivity index (χ0v) is 30.8. The fraction of sp³-hybridized carbons (Fsp3) is 0.111. The molecule has 0 bridgehead atoms. The van der Waals surface area contributed by atoms with Crippen LogP contribution in [0.15, 0.2) is 132 Å². The fourth-order valence-corrected chi connectivity index (χ4v) is 3.72. The van der Waals surface area contributed by atoms with Gasteiger partial charge >= 0.3 is 33.7 Å². The summed E-state index contributed by atoms with van der Waals surface area (Å²) in [5.74, 6) is -0.374. The van der Waals surface area contributed by atoms with Crippen molar-refractivity contribution >= 4 is 48.1 Å². The second kappa shape index (κ2) is 24.2. The van der Waals surface area contributed by atoms with E-state index in [9.17, 15) is 8.78 Å². The van der Waals surface area contributed by atoms with Gasteiger partial charge in [0.15, 0.2) is 0 Å². The van der Waals surface area contributed by atoms with Crippen LogP contribution >= 0.6 is 24.8 Å². The van der Waals surface area contributed by atoms with Crippen molar-refractivity contribution < 1.29 is 30.4 Å². The summed E-state index contributed by atoms with van der Waals surface area (Å²) in [5.41, 5.74) is 6.83. The molecule has 0 fully saturated rings. The van der Waals surface area contributed by atoms with Crippen LogP contribution in [0.1, 0.15) is 37.8 Å². The van der Waals surface area contributed by atoms with Gasteiger partial charge in [-0.05, 0) is 24.3 Å². The minimum Gasteiger partial charge on any atom is -0.184 e. The Morgan fingerprint density at radius 1 is 0.548 bits per heavy atom. The van der Waals surface area contributed by atoms with Gasteiger partial charge in [-0.1, -0.05) is 38.1 Å². The Balaban J connectivity index is 0.000000543. The van der Waals surface area contributed by atoms with Crippen LogP contribution in [0.25, 0.3) is 11.1 Å². The standard InChI is InChI=1S/2C12H10F.2C6H5.2ClH.GeH2.Zr/c2*1-9-3-2-4-12(9)10-5-7-11(13)8-6-10;2*1-2-4-6-5-3-1;;;;/h2*4-8H,2H2,1H3;2*1-5H;2*1H;1H2;/q4*-1;;;;. The molecule has 0 unspecified atom stereocenters. The van der Waals surface area contributed by atoms with E-state index in [0.29, 0.717) is 0 Å². The molecule has 4 aromatic rings. The normalized spacial score (nSPS) is 12.0. The molecule has 42 heavy (non-hydrogen) atoms. The maximum atomic E-state index is 12.6. The number of allylic oxidation sites excluding steroid dienone is 8. The molecule has 6 heteroatoms. The maximum absolute atomic E-state index is 12.6. The Morgan fingerprint density at radius 2 is 0.857 bits per heavy atom. The molecule has 0 nitrogen and oxygen atoms in total. The summed E-state index contributed by atoms with van der Waals surface area (Å²) >= 11 is 3.14. The molecule has 2 aliphatic rings. The summed E-state index contributed by atoms with van der Waals surface area (Å²) in [6, 6.07) is 38.2. The van der Waals surface area contributed by atoms with Gasteiger partial charge < -0.3 is 0 Å². The maximum Gasteiger partial charge on any atom is -0.171 e. The first kappa shape index (κ1) is 39.7. The van der Waals surface area contributed by atoms with Crippen molar-refractivity contribution in [2.45, 2.75) is 26.7 Å². The molecule has 2 aliphatic carbocycles. The molecular formula is C36H34Cl2F2GeZr-4. The summed E-state index contributed by atoms with van der Waals surface area (Å²) in [4.78, 5) is 0. The van der Waals surface area contributed by atoms with Gasteiger partial charge in [0.25, 0.3) is 0 Å². The molecule has 0 saturated heterocycles. The number of hydrogen-bond donors (Lipinski definition) is 0. The molecule has 0 radical (unpaired) electrons. The van der Waals surface area contributed by atoms with Gasteiger partial charge in [0.05, 0.1) is 0 Å². The largest absolute Gasteiger partial charge is 0.184 e. The summed E-state index contributed by atoms with van der Waals surface area (Å²) in [7, 11) is 0. The van der Waals surface area contributed by atoms with E-state index >= 15 is 0 Å². The molecule has 0 aliphatic heterocycles. The van der Waals surface area contributed by atoms with Crippen molar-refractivity contribution in [2.24, 2.45) is 0 Å². The molecule has 0 aromatic heterocycles. The number of benzene rings is 4. The van der Waals surface area contributed by atoms with Crippen molar-refractivity contribution in [3.63, 3.8) is 0 Å². The topological polar surface area (TPSA) is 0 Å². The van der Waals surface area contributed by atoms with Gasteiger partial charge in [0.1, 0.15) is 11.6 Å². The van der Waals surface area contributed by atoms with Crippen molar-refractivity contribution in [1.29, 1.82) is 0 Å². The van der Waals surface area contributed by atoms with Gasteiger partial charge in [-0.2, -0.15) is 96.1 Å². The summed E-state index contributed by atoms with van der Waals surface area (Å²) in [5, 5.41) is 0. The first-order valence-electron chi connectivity index (χ1n) is 12.8. The smallest absolute Gasteiger partial charge is 0.171 e. The van der Waals surface area contributed by atoms with Crippen molar-refractivity contribution in [2.75, 3.05) is 0 Å². The van der Waals surface area contributed by atoms with Crippen LogP contribution in [-0.2, 0) is 21.6 Å². The molecule has 0 saturated carbocycles. The third kappa shape index (κ3) is 15.3. The minimum atomic E-state index is -0.187. The van der Waals surface area contributed by atoms with E-state index < -0.39 is 0 Å². The first-order valence-corrected chi connectivity index (χ1v) is 23.3. The summed E-state index contributed by atoms with van der Waals surface area (Å²) in [6.45, 7) is 4.06. The Bertz CT molecular complexity index is 1220. The van der Waals surface area contributed by atoms with Gasteiger partial charge in [-0.25, -0.2) is 19.9 Å². The predicted octanol–water partition coefficient (Wildman–Crippen LogP) is 9.62. The molecule has 0 amide bonds. The van der Waals surface area contributed by atoms with Crippen LogP contribution in [0.2, 0.25) is 0 Å². The van der Waals surface area contributed by atoms with Gasteiger partial charge in [-0.15, -0.1) is 48.8 Å². The monoisotopic (exact) mass is 738 g/mol. The quantitative estimate of drug-likeness (QED) is 0.142. The zero-order chi connectivity index (χ0) is 29.0. The van der Waals surface area contributed by atoms with Crippen LogP contribution in [0.4, 0.5) is 8.78 Å². The average molecular weight is 739 g/mol. The van der Waals surface area contributed by atoms with Crippen molar-refractivity contribution in [3.8, 4) is 0 Å². The molecule has 218 valence electrons. The number of halogens is 4. The van der Waals surface area contributed by atoms with E-state index in [0.717, 1.165) is 35.1 Å². The van der Waals surface area contributed by atoms with Gasteiger partial charge in [-0.3, -0.25) is 12.2 Å². The Kier molecular flexibility index (Phi) is 22.9. The van der Waals surface area contributed by atoms with Crippen LogP contribution in [-0.4, -0.2) is 12.1 Å². The van der Waals surface area contributed by atoms with E-state index in [1.807, 2.05) is 74.5 Å². The Hall–Kier alpha value is -2.29. The SMILES string of the molecule is CC1=[C-]CC=C1c1ccc(F)cc1.CC1=[C-]CC=C1c1ccc(F)cc1.Cl.Cl.[GeH2]=[Zr].[c-]1ccccc1.[c-]1ccccc1.